The number of hydrogen-bond donors (Lipinski definition) is 3. The van der Waals surface area contributed by atoms with Crippen LogP contribution in [-0.2, 0) is 20.0 Å². The highest BCUT2D eigenvalue weighted by molar-refractivity contribution is 9.09. The smallest absolute Gasteiger partial charge is 0.212 e. The van der Waals surface area contributed by atoms with Crippen molar-refractivity contribution in [3.8, 4) is 12.1 Å². The minimum Gasteiger partial charge on any atom is -0.317 e. The van der Waals surface area contributed by atoms with Crippen molar-refractivity contribution >= 4 is 48.4 Å². The van der Waals surface area contributed by atoms with Gasteiger partial charge >= 0.3 is 0 Å². The minimum absolute atomic E-state index is 0. The Morgan fingerprint density at radius 1 is 0.929 bits per heavy atom. The topological polar surface area (TPSA) is 183 Å². The number of halogens is 2. The first-order valence-corrected chi connectivity index (χ1v) is 12.7. The van der Waals surface area contributed by atoms with E-state index in [1.807, 2.05) is 17.0 Å². The molecule has 164 valence electrons. The largest absolute Gasteiger partial charge is 0.317 e. The van der Waals surface area contributed by atoms with Crippen LogP contribution < -0.4 is 15.6 Å². The molecule has 0 radical (unpaired) electrons. The molecule has 5 N–H and O–H groups in total. The van der Waals surface area contributed by atoms with Gasteiger partial charge in [0.05, 0.1) is 34.5 Å². The maximum atomic E-state index is 10.9. The molecule has 0 spiro atoms. The van der Waals surface area contributed by atoms with Gasteiger partial charge in [0.25, 0.3) is 0 Å². The summed E-state index contributed by atoms with van der Waals surface area (Å²) in [7, 11) is -6.64. The summed E-state index contributed by atoms with van der Waals surface area (Å²) in [4.78, 5) is 1.93. The molecule has 0 atom stereocenters. The molecular formula is C14H28BrClN6O4S2. The van der Waals surface area contributed by atoms with E-state index in [1.54, 1.807) is 0 Å². The summed E-state index contributed by atoms with van der Waals surface area (Å²) in [5, 5.41) is 28.7. The van der Waals surface area contributed by atoms with Gasteiger partial charge in [-0.3, -0.25) is 4.90 Å². The number of piperidine rings is 2. The van der Waals surface area contributed by atoms with Crippen LogP contribution in [0.5, 0.6) is 0 Å². The molecule has 0 saturated carbocycles. The molecule has 0 amide bonds. The molecule has 2 heterocycles. The molecule has 0 unspecified atom stereocenters. The number of nitrogens with two attached hydrogens (primary N) is 2. The maximum absolute atomic E-state index is 10.9. The fraction of sp³-hybridized carbons (Fsp3) is 0.857. The number of nitrogens with one attached hydrogen (secondary N) is 1. The number of primary sulfonamides is 2. The van der Waals surface area contributed by atoms with Gasteiger partial charge in [0, 0.05) is 13.1 Å². The molecule has 2 rings (SSSR count). The Kier molecular flexibility index (Phi) is 16.3. The van der Waals surface area contributed by atoms with Crippen LogP contribution in [0.4, 0.5) is 0 Å². The number of nitrogens with zero attached hydrogens (tertiary/aromatic N) is 3. The quantitative estimate of drug-likeness (QED) is 0.330. The minimum atomic E-state index is -3.37. The summed E-state index contributed by atoms with van der Waals surface area (Å²) in [6.07, 6.45) is 2.39. The average molecular weight is 524 g/mol. The Morgan fingerprint density at radius 2 is 1.32 bits per heavy atom. The Bertz CT molecular complexity index is 709. The summed E-state index contributed by atoms with van der Waals surface area (Å²) < 4.78 is 43.4. The van der Waals surface area contributed by atoms with Crippen molar-refractivity contribution < 1.29 is 16.8 Å². The number of nitriles is 2. The van der Waals surface area contributed by atoms with Crippen LogP contribution in [0.15, 0.2) is 0 Å². The van der Waals surface area contributed by atoms with Crippen molar-refractivity contribution in [2.75, 3.05) is 38.1 Å². The second kappa shape index (κ2) is 15.3. The van der Waals surface area contributed by atoms with Crippen molar-refractivity contribution in [1.29, 1.82) is 10.5 Å². The van der Waals surface area contributed by atoms with E-state index in [-0.39, 0.29) is 17.7 Å². The fourth-order valence-corrected chi connectivity index (χ4v) is 4.38. The SMILES string of the molecule is Cl.N#CCBr.N#CCN1CCC(S(N)(=O)=O)CC1.NS(=O)(=O)C1CCNCC1. The Labute approximate surface area is 182 Å². The molecule has 2 fully saturated rings. The molecule has 0 aromatic rings. The first kappa shape index (κ1) is 29.7. The highest BCUT2D eigenvalue weighted by Crippen LogP contribution is 2.15. The van der Waals surface area contributed by atoms with Crippen LogP contribution in [0.2, 0.25) is 0 Å². The third-order valence-electron chi connectivity index (χ3n) is 4.10. The summed E-state index contributed by atoms with van der Waals surface area (Å²) >= 11 is 2.89. The third kappa shape index (κ3) is 13.6. The van der Waals surface area contributed by atoms with Crippen molar-refractivity contribution in [2.24, 2.45) is 10.3 Å². The second-order valence-corrected chi connectivity index (χ2v) is 10.3. The maximum Gasteiger partial charge on any atom is 0.212 e. The normalized spacial score (nSPS) is 18.8. The van der Waals surface area contributed by atoms with Gasteiger partial charge < -0.3 is 5.32 Å². The summed E-state index contributed by atoms with van der Waals surface area (Å²) in [6.45, 7) is 3.20. The zero-order valence-corrected chi connectivity index (χ0v) is 19.5. The van der Waals surface area contributed by atoms with E-state index < -0.39 is 25.3 Å². The number of likely N-dealkylation sites (tertiary alicyclic amines) is 1. The lowest BCUT2D eigenvalue weighted by molar-refractivity contribution is 0.255. The average Bonchev–Trinajstić information content (AvgIpc) is 2.62. The molecule has 0 aliphatic carbocycles. The number of alkyl halides is 1. The van der Waals surface area contributed by atoms with Crippen LogP contribution in [0.25, 0.3) is 0 Å². The number of hydrogen-bond acceptors (Lipinski definition) is 8. The summed E-state index contributed by atoms with van der Waals surface area (Å²) in [6, 6.07) is 3.88. The molecule has 14 heteroatoms. The van der Waals surface area contributed by atoms with Gasteiger partial charge in [-0.1, -0.05) is 15.9 Å². The van der Waals surface area contributed by atoms with Crippen molar-refractivity contribution in [3.05, 3.63) is 0 Å². The molecule has 2 saturated heterocycles. The van der Waals surface area contributed by atoms with Gasteiger partial charge in [-0.2, -0.15) is 10.5 Å². The van der Waals surface area contributed by atoms with Crippen molar-refractivity contribution in [3.63, 3.8) is 0 Å². The second-order valence-electron chi connectivity index (χ2n) is 6.05. The van der Waals surface area contributed by atoms with Gasteiger partial charge in [0.2, 0.25) is 20.0 Å². The first-order chi connectivity index (χ1) is 12.6. The predicted molar refractivity (Wildman–Crippen MR) is 114 cm³/mol. The van der Waals surface area contributed by atoms with E-state index in [4.69, 9.17) is 20.8 Å². The zero-order chi connectivity index (χ0) is 20.9. The lowest BCUT2D eigenvalue weighted by Gasteiger charge is -2.28. The number of rotatable bonds is 3. The predicted octanol–water partition coefficient (Wildman–Crippen LogP) is -0.384. The lowest BCUT2D eigenvalue weighted by atomic mass is 10.1. The van der Waals surface area contributed by atoms with Crippen LogP contribution >= 0.6 is 28.3 Å². The molecule has 2 aliphatic heterocycles. The van der Waals surface area contributed by atoms with Crippen LogP contribution in [0.3, 0.4) is 0 Å². The van der Waals surface area contributed by atoms with Gasteiger partial charge in [-0.15, -0.1) is 12.4 Å². The lowest BCUT2D eigenvalue weighted by Crippen LogP contribution is -2.41. The number of sulfonamides is 2. The van der Waals surface area contributed by atoms with Gasteiger partial charge in [0.15, 0.2) is 0 Å². The fourth-order valence-electron chi connectivity index (χ4n) is 2.62. The third-order valence-corrected chi connectivity index (χ3v) is 7.16. The standard InChI is InChI=1S/C7H13N3O2S.C5H12N2O2S.C2H2BrN.ClH/c8-3-6-10-4-1-7(2-5-10)13(9,11)12;6-10(8,9)5-1-3-7-4-2-5;3-1-2-4;/h7H,1-2,4-6H2,(H2,9,11,12);5,7H,1-4H2,(H2,6,8,9);1H2;1H. The molecule has 10 nitrogen and oxygen atoms in total. The van der Waals surface area contributed by atoms with Crippen molar-refractivity contribution in [1.82, 2.24) is 10.2 Å². The van der Waals surface area contributed by atoms with E-state index >= 15 is 0 Å². The van der Waals surface area contributed by atoms with Crippen LogP contribution in [0.1, 0.15) is 25.7 Å². The van der Waals surface area contributed by atoms with Gasteiger partial charge in [-0.05, 0) is 38.8 Å². The van der Waals surface area contributed by atoms with Gasteiger partial charge in [0.1, 0.15) is 0 Å². The molecule has 0 bridgehead atoms. The van der Waals surface area contributed by atoms with Gasteiger partial charge in [-0.25, -0.2) is 27.1 Å². The molecule has 0 aromatic heterocycles. The van der Waals surface area contributed by atoms with Crippen LogP contribution in [0, 0.1) is 22.7 Å². The molecule has 0 aromatic carbocycles. The van der Waals surface area contributed by atoms with E-state index in [0.717, 1.165) is 13.1 Å². The zero-order valence-electron chi connectivity index (χ0n) is 15.5. The van der Waals surface area contributed by atoms with E-state index in [2.05, 4.69) is 21.2 Å². The molecule has 2 aliphatic rings. The Hall–Kier alpha value is -0.510. The first-order valence-electron chi connectivity index (χ1n) is 8.32. The van der Waals surface area contributed by atoms with Crippen LogP contribution in [-0.4, -0.2) is 70.3 Å². The van der Waals surface area contributed by atoms with E-state index in [1.165, 1.54) is 0 Å². The summed E-state index contributed by atoms with van der Waals surface area (Å²) in [5.41, 5.74) is 0. The molecule has 28 heavy (non-hydrogen) atoms. The highest BCUT2D eigenvalue weighted by Gasteiger charge is 2.26. The van der Waals surface area contributed by atoms with Crippen molar-refractivity contribution in [2.45, 2.75) is 36.2 Å². The monoisotopic (exact) mass is 522 g/mol. The highest BCUT2D eigenvalue weighted by atomic mass is 79.9. The Balaban J connectivity index is 0. The van der Waals surface area contributed by atoms with E-state index in [9.17, 15) is 16.8 Å². The molecular weight excluding hydrogens is 496 g/mol. The summed E-state index contributed by atoms with van der Waals surface area (Å²) in [5.74, 6) is 0. The van der Waals surface area contributed by atoms with E-state index in [0.29, 0.717) is 50.6 Å². The Morgan fingerprint density at radius 3 is 1.61 bits per heavy atom.